The molecule has 140 valence electrons. The average Bonchev–Trinajstić information content (AvgIpc) is 2.66. The van der Waals surface area contributed by atoms with Crippen LogP contribution in [0.4, 0.5) is 4.39 Å². The minimum absolute atomic E-state index is 0.215. The molecule has 0 unspecified atom stereocenters. The van der Waals surface area contributed by atoms with Gasteiger partial charge in [0.25, 0.3) is 0 Å². The van der Waals surface area contributed by atoms with Crippen LogP contribution in [0.1, 0.15) is 57.2 Å². The Morgan fingerprint density at radius 2 is 1.65 bits per heavy atom. The summed E-state index contributed by atoms with van der Waals surface area (Å²) in [6.45, 7) is 5.54. The summed E-state index contributed by atoms with van der Waals surface area (Å²) in [5, 5.41) is 0. The number of hydrogen-bond acceptors (Lipinski definition) is 3. The normalized spacial score (nSPS) is 12.4. The van der Waals surface area contributed by atoms with Crippen LogP contribution in [0.2, 0.25) is 0 Å². The predicted octanol–water partition coefficient (Wildman–Crippen LogP) is 5.73. The number of aryl methyl sites for hydroxylation is 1. The maximum atomic E-state index is 14.9. The lowest BCUT2D eigenvalue weighted by molar-refractivity contribution is 0.290. The molecule has 0 saturated heterocycles. The van der Waals surface area contributed by atoms with Gasteiger partial charge in [-0.1, -0.05) is 39.2 Å². The molecule has 3 nitrogen and oxygen atoms in total. The number of ether oxygens (including phenoxy) is 2. The molecule has 1 aromatic carbocycles. The Labute approximate surface area is 155 Å². The van der Waals surface area contributed by atoms with Crippen LogP contribution in [-0.2, 0) is 12.8 Å². The van der Waals surface area contributed by atoms with Crippen LogP contribution in [-0.4, -0.2) is 18.2 Å². The number of pyridine rings is 1. The Hall–Kier alpha value is -2.10. The van der Waals surface area contributed by atoms with E-state index >= 15 is 0 Å². The number of hydrogen-bond donors (Lipinski definition) is 0. The number of aromatic nitrogens is 1. The number of benzene rings is 1. The molecule has 3 rings (SSSR count). The first kappa shape index (κ1) is 18.7. The maximum Gasteiger partial charge on any atom is 0.213 e. The molecule has 0 amide bonds. The molecule has 0 saturated carbocycles. The van der Waals surface area contributed by atoms with Crippen molar-refractivity contribution in [3.05, 3.63) is 41.3 Å². The third-order valence-corrected chi connectivity index (χ3v) is 4.81. The largest absolute Gasteiger partial charge is 0.491 e. The van der Waals surface area contributed by atoms with Gasteiger partial charge in [-0.15, -0.1) is 0 Å². The zero-order valence-corrected chi connectivity index (χ0v) is 15.8. The van der Waals surface area contributed by atoms with Gasteiger partial charge in [0, 0.05) is 11.6 Å². The summed E-state index contributed by atoms with van der Waals surface area (Å²) in [6, 6.07) is 7.60. The topological polar surface area (TPSA) is 31.4 Å². The summed E-state index contributed by atoms with van der Waals surface area (Å²) in [4.78, 5) is 4.63. The van der Waals surface area contributed by atoms with E-state index in [1.807, 2.05) is 18.2 Å². The Bertz CT molecular complexity index is 745. The number of nitrogens with zero attached hydrogens (tertiary/aromatic N) is 1. The van der Waals surface area contributed by atoms with Crippen LogP contribution in [0.5, 0.6) is 11.6 Å². The highest BCUT2D eigenvalue weighted by Crippen LogP contribution is 2.38. The van der Waals surface area contributed by atoms with Gasteiger partial charge in [0.2, 0.25) is 5.88 Å². The first-order valence-corrected chi connectivity index (χ1v) is 9.81. The van der Waals surface area contributed by atoms with E-state index in [0.717, 1.165) is 60.9 Å². The van der Waals surface area contributed by atoms with Crippen LogP contribution in [0.3, 0.4) is 0 Å². The van der Waals surface area contributed by atoms with E-state index in [1.165, 1.54) is 0 Å². The monoisotopic (exact) mass is 357 g/mol. The van der Waals surface area contributed by atoms with Crippen molar-refractivity contribution in [3.8, 4) is 22.8 Å². The Morgan fingerprint density at radius 3 is 2.46 bits per heavy atom. The zero-order chi connectivity index (χ0) is 18.4. The lowest BCUT2D eigenvalue weighted by Gasteiger charge is -2.21. The van der Waals surface area contributed by atoms with Crippen molar-refractivity contribution in [2.75, 3.05) is 13.2 Å². The quantitative estimate of drug-likeness (QED) is 0.537. The Balaban J connectivity index is 1.77. The highest BCUT2D eigenvalue weighted by atomic mass is 19.1. The fourth-order valence-electron chi connectivity index (χ4n) is 3.30. The van der Waals surface area contributed by atoms with E-state index in [-0.39, 0.29) is 5.82 Å². The van der Waals surface area contributed by atoms with Crippen molar-refractivity contribution < 1.29 is 13.9 Å². The van der Waals surface area contributed by atoms with E-state index in [0.29, 0.717) is 31.3 Å². The van der Waals surface area contributed by atoms with Crippen molar-refractivity contribution in [1.82, 2.24) is 4.98 Å². The molecular weight excluding hydrogens is 329 g/mol. The minimum atomic E-state index is -0.215. The highest BCUT2D eigenvalue weighted by Gasteiger charge is 2.23. The molecule has 1 aliphatic carbocycles. The van der Waals surface area contributed by atoms with Crippen LogP contribution in [0, 0.1) is 5.82 Å². The second-order valence-electron chi connectivity index (χ2n) is 6.81. The lowest BCUT2D eigenvalue weighted by Crippen LogP contribution is -2.11. The zero-order valence-electron chi connectivity index (χ0n) is 15.8. The van der Waals surface area contributed by atoms with Gasteiger partial charge in [0.1, 0.15) is 0 Å². The minimum Gasteiger partial charge on any atom is -0.491 e. The van der Waals surface area contributed by atoms with Crippen LogP contribution >= 0.6 is 0 Å². The van der Waals surface area contributed by atoms with Crippen molar-refractivity contribution in [1.29, 1.82) is 0 Å². The van der Waals surface area contributed by atoms with Crippen molar-refractivity contribution in [3.63, 3.8) is 0 Å². The second-order valence-corrected chi connectivity index (χ2v) is 6.81. The summed E-state index contributed by atoms with van der Waals surface area (Å²) in [7, 11) is 0. The van der Waals surface area contributed by atoms with E-state index < -0.39 is 0 Å². The molecule has 26 heavy (non-hydrogen) atoms. The standard InChI is InChI=1S/C22H28FNO2/c1-3-5-7-15-25-20-12-9-16-17-10-13-21(26-14-6-4-2)24-19(17)11-8-18(16)22(20)23/h9-10,12-13H,3-8,11,14-15H2,1-2H3. The predicted molar refractivity (Wildman–Crippen MR) is 102 cm³/mol. The number of fused-ring (bicyclic) bond motifs is 3. The summed E-state index contributed by atoms with van der Waals surface area (Å²) < 4.78 is 26.2. The van der Waals surface area contributed by atoms with Gasteiger partial charge in [0.05, 0.1) is 18.9 Å². The van der Waals surface area contributed by atoms with Gasteiger partial charge in [-0.3, -0.25) is 0 Å². The van der Waals surface area contributed by atoms with Gasteiger partial charge in [-0.05, 0) is 48.9 Å². The molecule has 1 heterocycles. The molecule has 0 bridgehead atoms. The summed E-state index contributed by atoms with van der Waals surface area (Å²) >= 11 is 0. The number of halogens is 1. The van der Waals surface area contributed by atoms with Gasteiger partial charge < -0.3 is 9.47 Å². The molecule has 0 spiro atoms. The number of unbranched alkanes of at least 4 members (excludes halogenated alkanes) is 3. The number of rotatable bonds is 9. The van der Waals surface area contributed by atoms with Crippen LogP contribution in [0.25, 0.3) is 11.1 Å². The van der Waals surface area contributed by atoms with E-state index in [4.69, 9.17) is 9.47 Å². The van der Waals surface area contributed by atoms with Gasteiger partial charge in [-0.25, -0.2) is 9.37 Å². The molecule has 1 aliphatic rings. The van der Waals surface area contributed by atoms with Crippen LogP contribution < -0.4 is 9.47 Å². The third-order valence-electron chi connectivity index (χ3n) is 4.81. The molecule has 0 N–H and O–H groups in total. The Morgan fingerprint density at radius 1 is 0.885 bits per heavy atom. The summed E-state index contributed by atoms with van der Waals surface area (Å²) in [6.07, 6.45) is 6.68. The molecule has 2 aromatic rings. The highest BCUT2D eigenvalue weighted by molar-refractivity contribution is 5.73. The third kappa shape index (κ3) is 4.17. The van der Waals surface area contributed by atoms with Gasteiger partial charge in [0.15, 0.2) is 11.6 Å². The molecule has 0 atom stereocenters. The second kappa shape index (κ2) is 9.02. The average molecular weight is 357 g/mol. The van der Waals surface area contributed by atoms with Gasteiger partial charge in [-0.2, -0.15) is 0 Å². The molecule has 0 aliphatic heterocycles. The van der Waals surface area contributed by atoms with Crippen molar-refractivity contribution >= 4 is 0 Å². The smallest absolute Gasteiger partial charge is 0.213 e. The van der Waals surface area contributed by atoms with E-state index in [9.17, 15) is 4.39 Å². The fraction of sp³-hybridized carbons (Fsp3) is 0.500. The Kier molecular flexibility index (Phi) is 6.48. The summed E-state index contributed by atoms with van der Waals surface area (Å²) in [5.41, 5.74) is 3.66. The molecule has 4 heteroatoms. The first-order valence-electron chi connectivity index (χ1n) is 9.81. The first-order chi connectivity index (χ1) is 12.7. The maximum absolute atomic E-state index is 14.9. The lowest BCUT2D eigenvalue weighted by atomic mass is 9.88. The molecular formula is C22H28FNO2. The van der Waals surface area contributed by atoms with Crippen molar-refractivity contribution in [2.45, 2.75) is 58.8 Å². The van der Waals surface area contributed by atoms with E-state index in [1.54, 1.807) is 6.07 Å². The molecule has 0 fully saturated rings. The van der Waals surface area contributed by atoms with Crippen LogP contribution in [0.15, 0.2) is 24.3 Å². The SMILES string of the molecule is CCCCCOc1ccc2c(c1F)CCc1nc(OCCCC)ccc1-2. The van der Waals surface area contributed by atoms with E-state index in [2.05, 4.69) is 18.8 Å². The molecule has 1 aromatic heterocycles. The van der Waals surface area contributed by atoms with Crippen molar-refractivity contribution in [2.24, 2.45) is 0 Å². The summed E-state index contributed by atoms with van der Waals surface area (Å²) in [5.74, 6) is 0.820. The van der Waals surface area contributed by atoms with Gasteiger partial charge >= 0.3 is 0 Å². The fourth-order valence-corrected chi connectivity index (χ4v) is 3.30. The molecule has 0 radical (unpaired) electrons.